The average Bonchev–Trinajstić information content (AvgIpc) is 3.01. The van der Waals surface area contributed by atoms with Crippen LogP contribution in [0.4, 0.5) is 0 Å². The van der Waals surface area contributed by atoms with E-state index in [0.717, 1.165) is 17.5 Å². The van der Waals surface area contributed by atoms with Gasteiger partial charge in [-0.25, -0.2) is 0 Å². The minimum atomic E-state index is -0.258. The van der Waals surface area contributed by atoms with Gasteiger partial charge >= 0.3 is 0 Å². The quantitative estimate of drug-likeness (QED) is 0.882. The minimum absolute atomic E-state index is 0.0384. The summed E-state index contributed by atoms with van der Waals surface area (Å²) in [5.74, 6) is -0.245. The molecule has 1 atom stereocenters. The Morgan fingerprint density at radius 1 is 1.04 bits per heavy atom. The highest BCUT2D eigenvalue weighted by Gasteiger charge is 2.33. The van der Waals surface area contributed by atoms with E-state index in [1.165, 1.54) is 5.56 Å². The smallest absolute Gasteiger partial charge is 0.225 e. The largest absolute Gasteiger partial charge is 0.352 e. The molecule has 2 aromatic rings. The van der Waals surface area contributed by atoms with Gasteiger partial charge in [0, 0.05) is 26.1 Å². The lowest BCUT2D eigenvalue weighted by atomic mass is 10.1. The molecule has 4 heteroatoms. The summed E-state index contributed by atoms with van der Waals surface area (Å²) in [6, 6.07) is 18.1. The molecule has 2 aromatic carbocycles. The summed E-state index contributed by atoms with van der Waals surface area (Å²) in [7, 11) is 0. The van der Waals surface area contributed by atoms with E-state index in [4.69, 9.17) is 0 Å². The number of aryl methyl sites for hydroxylation is 1. The maximum absolute atomic E-state index is 12.4. The number of hydrogen-bond acceptors (Lipinski definition) is 2. The van der Waals surface area contributed by atoms with E-state index in [-0.39, 0.29) is 17.7 Å². The van der Waals surface area contributed by atoms with Gasteiger partial charge in [-0.2, -0.15) is 0 Å². The zero-order valence-electron chi connectivity index (χ0n) is 14.6. The molecule has 4 nitrogen and oxygen atoms in total. The molecule has 0 bridgehead atoms. The molecule has 0 saturated carbocycles. The lowest BCUT2D eigenvalue weighted by Gasteiger charge is -2.16. The fraction of sp³-hybridized carbons (Fsp3) is 0.333. The van der Waals surface area contributed by atoms with E-state index >= 15 is 0 Å². The van der Waals surface area contributed by atoms with Gasteiger partial charge in [0.05, 0.1) is 5.92 Å². The van der Waals surface area contributed by atoms with Gasteiger partial charge in [0.2, 0.25) is 11.8 Å². The summed E-state index contributed by atoms with van der Waals surface area (Å²) in [6.45, 7) is 3.69. The normalized spacial score (nSPS) is 16.9. The second-order valence-electron chi connectivity index (χ2n) is 6.55. The monoisotopic (exact) mass is 336 g/mol. The van der Waals surface area contributed by atoms with Gasteiger partial charge in [0.1, 0.15) is 0 Å². The first-order chi connectivity index (χ1) is 12.2. The van der Waals surface area contributed by atoms with E-state index in [2.05, 4.69) is 24.4 Å². The number of carbonyl (C=O) groups excluding carboxylic acids is 2. The molecule has 0 radical (unpaired) electrons. The van der Waals surface area contributed by atoms with Gasteiger partial charge < -0.3 is 10.2 Å². The Kier molecular flexibility index (Phi) is 5.49. The number of nitrogens with zero attached hydrogens (tertiary/aromatic N) is 1. The zero-order chi connectivity index (χ0) is 17.6. The Morgan fingerprint density at radius 2 is 1.72 bits per heavy atom. The molecule has 2 amide bonds. The summed E-state index contributed by atoms with van der Waals surface area (Å²) in [4.78, 5) is 26.4. The summed E-state index contributed by atoms with van der Waals surface area (Å²) in [6.07, 6.45) is 1.31. The van der Waals surface area contributed by atoms with E-state index in [0.29, 0.717) is 26.1 Å². The predicted molar refractivity (Wildman–Crippen MR) is 97.6 cm³/mol. The van der Waals surface area contributed by atoms with E-state index in [9.17, 15) is 9.59 Å². The van der Waals surface area contributed by atoms with Crippen LogP contribution in [0.2, 0.25) is 0 Å². The van der Waals surface area contributed by atoms with Crippen molar-refractivity contribution in [2.75, 3.05) is 6.54 Å². The molecule has 25 heavy (non-hydrogen) atoms. The first-order valence-corrected chi connectivity index (χ1v) is 8.83. The SMILES string of the molecule is CCc1ccc(CNC(=O)[C@H]2CC(=O)N(Cc3ccccc3)C2)cc1. The Balaban J connectivity index is 1.51. The number of amides is 2. The molecule has 1 aliphatic rings. The zero-order valence-corrected chi connectivity index (χ0v) is 14.6. The molecule has 130 valence electrons. The molecule has 0 aromatic heterocycles. The number of hydrogen-bond donors (Lipinski definition) is 1. The molecule has 0 spiro atoms. The van der Waals surface area contributed by atoms with E-state index in [1.54, 1.807) is 4.90 Å². The second kappa shape index (κ2) is 7.97. The average molecular weight is 336 g/mol. The Labute approximate surface area is 148 Å². The van der Waals surface area contributed by atoms with E-state index in [1.807, 2.05) is 42.5 Å². The van der Waals surface area contributed by atoms with Crippen molar-refractivity contribution in [3.63, 3.8) is 0 Å². The van der Waals surface area contributed by atoms with Gasteiger partial charge in [0.15, 0.2) is 0 Å². The van der Waals surface area contributed by atoms with Crippen LogP contribution in [-0.2, 0) is 29.1 Å². The minimum Gasteiger partial charge on any atom is -0.352 e. The van der Waals surface area contributed by atoms with Crippen LogP contribution in [0.5, 0.6) is 0 Å². The molecule has 1 aliphatic heterocycles. The van der Waals surface area contributed by atoms with Crippen LogP contribution in [0, 0.1) is 5.92 Å². The van der Waals surface area contributed by atoms with Gasteiger partial charge in [-0.15, -0.1) is 0 Å². The van der Waals surface area contributed by atoms with Crippen molar-refractivity contribution in [2.24, 2.45) is 5.92 Å². The van der Waals surface area contributed by atoms with Gasteiger partial charge in [-0.1, -0.05) is 61.5 Å². The molecule has 1 saturated heterocycles. The topological polar surface area (TPSA) is 49.4 Å². The van der Waals surface area contributed by atoms with Crippen LogP contribution in [-0.4, -0.2) is 23.3 Å². The fourth-order valence-electron chi connectivity index (χ4n) is 3.13. The predicted octanol–water partition coefficient (Wildman–Crippen LogP) is 2.91. The van der Waals surface area contributed by atoms with Crippen LogP contribution < -0.4 is 5.32 Å². The van der Waals surface area contributed by atoms with Crippen LogP contribution in [0.25, 0.3) is 0 Å². The Morgan fingerprint density at radius 3 is 2.40 bits per heavy atom. The second-order valence-corrected chi connectivity index (χ2v) is 6.55. The van der Waals surface area contributed by atoms with Crippen molar-refractivity contribution in [1.29, 1.82) is 0 Å². The lowest BCUT2D eigenvalue weighted by molar-refractivity contribution is -0.129. The summed E-state index contributed by atoms with van der Waals surface area (Å²) >= 11 is 0. The van der Waals surface area contributed by atoms with Crippen molar-refractivity contribution < 1.29 is 9.59 Å². The third-order valence-corrected chi connectivity index (χ3v) is 4.70. The molecule has 1 N–H and O–H groups in total. The van der Waals surface area contributed by atoms with Crippen molar-refractivity contribution in [2.45, 2.75) is 32.9 Å². The third-order valence-electron chi connectivity index (χ3n) is 4.70. The fourth-order valence-corrected chi connectivity index (χ4v) is 3.13. The van der Waals surface area contributed by atoms with Crippen molar-refractivity contribution in [1.82, 2.24) is 10.2 Å². The van der Waals surface area contributed by atoms with Crippen LogP contribution >= 0.6 is 0 Å². The number of likely N-dealkylation sites (tertiary alicyclic amines) is 1. The highest BCUT2D eigenvalue weighted by molar-refractivity contribution is 5.89. The first kappa shape index (κ1) is 17.2. The summed E-state index contributed by atoms with van der Waals surface area (Å²) < 4.78 is 0. The number of rotatable bonds is 6. The van der Waals surface area contributed by atoms with Crippen LogP contribution in [0.15, 0.2) is 54.6 Å². The third kappa shape index (κ3) is 4.47. The standard InChI is InChI=1S/C21H24N2O2/c1-2-16-8-10-17(11-9-16)13-22-21(25)19-12-20(24)23(15-19)14-18-6-4-3-5-7-18/h3-11,19H,2,12-15H2,1H3,(H,22,25)/t19-/m0/s1. The molecule has 0 unspecified atom stereocenters. The molecule has 3 rings (SSSR count). The number of carbonyl (C=O) groups is 2. The van der Waals surface area contributed by atoms with Crippen LogP contribution in [0.3, 0.4) is 0 Å². The van der Waals surface area contributed by atoms with Crippen molar-refractivity contribution in [3.8, 4) is 0 Å². The Bertz CT molecular complexity index is 725. The first-order valence-electron chi connectivity index (χ1n) is 8.83. The molecular formula is C21H24N2O2. The lowest BCUT2D eigenvalue weighted by Crippen LogP contribution is -2.32. The van der Waals surface area contributed by atoms with Crippen LogP contribution in [0.1, 0.15) is 30.0 Å². The highest BCUT2D eigenvalue weighted by atomic mass is 16.2. The number of nitrogens with one attached hydrogen (secondary N) is 1. The summed E-state index contributed by atoms with van der Waals surface area (Å²) in [5.41, 5.74) is 3.46. The summed E-state index contributed by atoms with van der Waals surface area (Å²) in [5, 5.41) is 2.97. The van der Waals surface area contributed by atoms with Crippen molar-refractivity contribution in [3.05, 3.63) is 71.3 Å². The van der Waals surface area contributed by atoms with Gasteiger partial charge in [0.25, 0.3) is 0 Å². The maximum Gasteiger partial charge on any atom is 0.225 e. The Hall–Kier alpha value is -2.62. The molecule has 0 aliphatic carbocycles. The molecule has 1 heterocycles. The molecular weight excluding hydrogens is 312 g/mol. The molecule has 1 fully saturated rings. The highest BCUT2D eigenvalue weighted by Crippen LogP contribution is 2.20. The van der Waals surface area contributed by atoms with Crippen molar-refractivity contribution >= 4 is 11.8 Å². The maximum atomic E-state index is 12.4. The van der Waals surface area contributed by atoms with E-state index < -0.39 is 0 Å². The number of benzene rings is 2. The van der Waals surface area contributed by atoms with Gasteiger partial charge in [-0.05, 0) is 23.1 Å². The van der Waals surface area contributed by atoms with Gasteiger partial charge in [-0.3, -0.25) is 9.59 Å².